The van der Waals surface area contributed by atoms with Crippen molar-refractivity contribution in [2.24, 2.45) is 0 Å². The molecule has 0 unspecified atom stereocenters. The van der Waals surface area contributed by atoms with Crippen molar-refractivity contribution in [1.82, 2.24) is 16.2 Å². The topological polar surface area (TPSA) is 188 Å². The van der Waals surface area contributed by atoms with Gasteiger partial charge in [-0.2, -0.15) is 0 Å². The molecule has 1 aromatic carbocycles. The summed E-state index contributed by atoms with van der Waals surface area (Å²) in [7, 11) is 0. The number of nitrogens with one attached hydrogen (secondary N) is 3. The molecular weight excluding hydrogens is 514 g/mol. The summed E-state index contributed by atoms with van der Waals surface area (Å²) in [5, 5.41) is 12.2. The fourth-order valence-electron chi connectivity index (χ4n) is 3.36. The number of para-hydroxylation sites is 1. The summed E-state index contributed by atoms with van der Waals surface area (Å²) < 4.78 is 26.7. The van der Waals surface area contributed by atoms with Gasteiger partial charge in [0.05, 0.1) is 5.56 Å². The van der Waals surface area contributed by atoms with E-state index in [1.807, 2.05) is 0 Å². The minimum Gasteiger partial charge on any atom is -0.507 e. The van der Waals surface area contributed by atoms with Gasteiger partial charge in [0.2, 0.25) is 0 Å². The SMILES string of the molecule is CC(=O)OC[C@H]1O[C@@H](NC(=S)NNC(=O)c2ccccc2O)[C@H](OC(C)=O)[C@@H](OC(C)=O)[C@@H]1OC(C)=O. The van der Waals surface area contributed by atoms with Gasteiger partial charge in [-0.1, -0.05) is 12.1 Å². The molecule has 0 aromatic heterocycles. The molecule has 4 N–H and O–H groups in total. The Kier molecular flexibility index (Phi) is 10.6. The lowest BCUT2D eigenvalue weighted by Crippen LogP contribution is -2.67. The molecule has 0 radical (unpaired) electrons. The van der Waals surface area contributed by atoms with Crippen LogP contribution >= 0.6 is 12.2 Å². The number of carbonyl (C=O) groups is 5. The molecule has 5 atom stereocenters. The van der Waals surface area contributed by atoms with Gasteiger partial charge in [0.25, 0.3) is 5.91 Å². The number of hydrogen-bond acceptors (Lipinski definition) is 12. The standard InChI is InChI=1S/C22H27N3O11S/c1-10(26)32-9-16-17(33-11(2)27)18(34-12(3)28)19(35-13(4)29)21(36-16)23-22(37)25-24-20(31)14-7-5-6-8-15(14)30/h5-8,16-19,21,30H,9H2,1-4H3,(H,24,31)(H2,23,25,37)/t16-,17-,18+,19-,21-/m1/s1. The van der Waals surface area contributed by atoms with E-state index in [1.165, 1.54) is 18.2 Å². The van der Waals surface area contributed by atoms with Gasteiger partial charge < -0.3 is 34.1 Å². The monoisotopic (exact) mass is 541 g/mol. The van der Waals surface area contributed by atoms with Crippen LogP contribution in [0.1, 0.15) is 38.1 Å². The van der Waals surface area contributed by atoms with Crippen LogP contribution in [0.3, 0.4) is 0 Å². The Bertz CT molecular complexity index is 1050. The van der Waals surface area contributed by atoms with Gasteiger partial charge in [-0.15, -0.1) is 0 Å². The van der Waals surface area contributed by atoms with Crippen molar-refractivity contribution in [2.45, 2.75) is 58.3 Å². The van der Waals surface area contributed by atoms with Crippen molar-refractivity contribution in [3.8, 4) is 5.75 Å². The minimum atomic E-state index is -1.40. The number of hydrazine groups is 1. The third-order valence-corrected chi connectivity index (χ3v) is 4.92. The molecule has 1 fully saturated rings. The predicted octanol–water partition coefficient (Wildman–Crippen LogP) is -0.416. The summed E-state index contributed by atoms with van der Waals surface area (Å²) in [6.45, 7) is 4.02. The van der Waals surface area contributed by atoms with E-state index in [0.717, 1.165) is 27.7 Å². The normalized spacial score (nSPS) is 22.5. The molecule has 1 aliphatic rings. The van der Waals surface area contributed by atoms with Crippen LogP contribution in [-0.4, -0.2) is 77.3 Å². The molecule has 0 saturated carbocycles. The maximum absolute atomic E-state index is 12.3. The van der Waals surface area contributed by atoms with Crippen LogP contribution in [-0.2, 0) is 42.9 Å². The highest BCUT2D eigenvalue weighted by Crippen LogP contribution is 2.28. The Labute approximate surface area is 216 Å². The highest BCUT2D eigenvalue weighted by molar-refractivity contribution is 7.80. The van der Waals surface area contributed by atoms with Gasteiger partial charge >= 0.3 is 23.9 Å². The van der Waals surface area contributed by atoms with Gasteiger partial charge in [-0.05, 0) is 24.4 Å². The third kappa shape index (κ3) is 8.88. The fraction of sp³-hybridized carbons (Fsp3) is 0.455. The lowest BCUT2D eigenvalue weighted by molar-refractivity contribution is -0.254. The smallest absolute Gasteiger partial charge is 0.303 e. The highest BCUT2D eigenvalue weighted by Gasteiger charge is 2.52. The van der Waals surface area contributed by atoms with Crippen LogP contribution in [0, 0.1) is 0 Å². The molecule has 1 aromatic rings. The molecule has 14 nitrogen and oxygen atoms in total. The van der Waals surface area contributed by atoms with Crippen LogP contribution in [0.2, 0.25) is 0 Å². The minimum absolute atomic E-state index is 0.0369. The van der Waals surface area contributed by atoms with Crippen LogP contribution in [0.5, 0.6) is 5.75 Å². The van der Waals surface area contributed by atoms with Gasteiger partial charge in [0.1, 0.15) is 18.5 Å². The maximum atomic E-state index is 12.3. The fourth-order valence-corrected chi connectivity index (χ4v) is 3.52. The second-order valence-corrected chi connectivity index (χ2v) is 8.10. The first-order valence-corrected chi connectivity index (χ1v) is 11.2. The third-order valence-electron chi connectivity index (χ3n) is 4.70. The van der Waals surface area contributed by atoms with E-state index >= 15 is 0 Å². The summed E-state index contributed by atoms with van der Waals surface area (Å²) in [5.41, 5.74) is 4.64. The molecule has 2 rings (SSSR count). The van der Waals surface area contributed by atoms with Crippen molar-refractivity contribution < 1.29 is 52.8 Å². The number of phenolic OH excluding ortho intramolecular Hbond substituents is 1. The molecule has 0 spiro atoms. The van der Waals surface area contributed by atoms with Crippen LogP contribution in [0.25, 0.3) is 0 Å². The second-order valence-electron chi connectivity index (χ2n) is 7.69. The quantitative estimate of drug-likeness (QED) is 0.151. The van der Waals surface area contributed by atoms with Gasteiger partial charge in [-0.25, -0.2) is 0 Å². The van der Waals surface area contributed by atoms with Crippen LogP contribution in [0.4, 0.5) is 0 Å². The van der Waals surface area contributed by atoms with Gasteiger partial charge in [0.15, 0.2) is 29.7 Å². The Hall–Kier alpha value is -3.98. The maximum Gasteiger partial charge on any atom is 0.303 e. The number of thiocarbonyl (C=S) groups is 1. The molecule has 0 bridgehead atoms. The number of rotatable bonds is 7. The van der Waals surface area contributed by atoms with Crippen LogP contribution < -0.4 is 16.2 Å². The number of aromatic hydroxyl groups is 1. The number of ether oxygens (including phenoxy) is 5. The van der Waals surface area contributed by atoms with Gasteiger partial charge in [-0.3, -0.25) is 34.8 Å². The molecule has 202 valence electrons. The summed E-state index contributed by atoms with van der Waals surface area (Å²) in [4.78, 5) is 59.2. The van der Waals surface area contributed by atoms with E-state index in [0.29, 0.717) is 0 Å². The molecule has 1 aliphatic heterocycles. The van der Waals surface area contributed by atoms with E-state index < -0.39 is 67.0 Å². The Morgan fingerprint density at radius 1 is 0.865 bits per heavy atom. The van der Waals surface area contributed by atoms with Crippen molar-refractivity contribution >= 4 is 47.1 Å². The lowest BCUT2D eigenvalue weighted by atomic mass is 9.97. The van der Waals surface area contributed by atoms with Crippen molar-refractivity contribution in [2.75, 3.05) is 6.61 Å². The highest BCUT2D eigenvalue weighted by atomic mass is 32.1. The summed E-state index contributed by atoms with van der Waals surface area (Å²) in [5.74, 6) is -3.99. The number of benzene rings is 1. The van der Waals surface area contributed by atoms with E-state index in [-0.39, 0.29) is 16.4 Å². The lowest BCUT2D eigenvalue weighted by Gasteiger charge is -2.44. The number of esters is 4. The molecule has 1 saturated heterocycles. The zero-order valence-electron chi connectivity index (χ0n) is 20.3. The van der Waals surface area contributed by atoms with E-state index in [4.69, 9.17) is 35.9 Å². The number of carbonyl (C=O) groups excluding carboxylic acids is 5. The molecule has 0 aliphatic carbocycles. The van der Waals surface area contributed by atoms with E-state index in [2.05, 4.69) is 16.2 Å². The summed E-state index contributed by atoms with van der Waals surface area (Å²) >= 11 is 5.17. The average Bonchev–Trinajstić information content (AvgIpc) is 2.79. The van der Waals surface area contributed by atoms with Crippen molar-refractivity contribution in [3.63, 3.8) is 0 Å². The molecule has 15 heteroatoms. The first kappa shape index (κ1) is 29.3. The molecule has 37 heavy (non-hydrogen) atoms. The van der Waals surface area contributed by atoms with Crippen molar-refractivity contribution in [3.05, 3.63) is 29.8 Å². The first-order valence-electron chi connectivity index (χ1n) is 10.8. The zero-order chi connectivity index (χ0) is 27.7. The molecular formula is C22H27N3O11S. The number of phenols is 1. The van der Waals surface area contributed by atoms with Gasteiger partial charge in [0, 0.05) is 27.7 Å². The van der Waals surface area contributed by atoms with Crippen LogP contribution in [0.15, 0.2) is 24.3 Å². The Morgan fingerprint density at radius 3 is 2.00 bits per heavy atom. The summed E-state index contributed by atoms with van der Waals surface area (Å²) in [6, 6.07) is 5.78. The summed E-state index contributed by atoms with van der Waals surface area (Å²) in [6.07, 6.45) is -6.63. The number of hydrogen-bond donors (Lipinski definition) is 4. The first-order chi connectivity index (χ1) is 17.4. The predicted molar refractivity (Wildman–Crippen MR) is 126 cm³/mol. The largest absolute Gasteiger partial charge is 0.507 e. The molecule has 1 heterocycles. The Balaban J connectivity index is 2.27. The second kappa shape index (κ2) is 13.4. The number of amides is 1. The van der Waals surface area contributed by atoms with Crippen molar-refractivity contribution in [1.29, 1.82) is 0 Å². The molecule has 1 amide bonds. The van der Waals surface area contributed by atoms with E-state index in [9.17, 15) is 29.1 Å². The van der Waals surface area contributed by atoms with E-state index in [1.54, 1.807) is 6.07 Å². The average molecular weight is 542 g/mol. The zero-order valence-corrected chi connectivity index (χ0v) is 21.2. The Morgan fingerprint density at radius 2 is 1.43 bits per heavy atom.